The molecule has 0 radical (unpaired) electrons. The first-order valence-corrected chi connectivity index (χ1v) is 13.4. The van der Waals surface area contributed by atoms with Crippen LogP contribution in [-0.4, -0.2) is 6.29 Å². The van der Waals surface area contributed by atoms with Crippen LogP contribution in [0.4, 0.5) is 17.1 Å². The van der Waals surface area contributed by atoms with E-state index in [0.29, 0.717) is 0 Å². The van der Waals surface area contributed by atoms with Gasteiger partial charge >= 0.3 is 0 Å². The molecule has 38 heavy (non-hydrogen) atoms. The van der Waals surface area contributed by atoms with Crippen molar-refractivity contribution in [2.24, 2.45) is 0 Å². The predicted octanol–water partition coefficient (Wildman–Crippen LogP) is 10.0. The third-order valence-corrected chi connectivity index (χ3v) is 7.66. The van der Waals surface area contributed by atoms with Crippen LogP contribution in [-0.2, 0) is 0 Å². The zero-order chi connectivity index (χ0) is 25.7. The molecule has 0 unspecified atom stereocenters. The first-order valence-electron chi connectivity index (χ1n) is 12.6. The van der Waals surface area contributed by atoms with Gasteiger partial charge in [0.2, 0.25) is 0 Å². The zero-order valence-electron chi connectivity index (χ0n) is 20.7. The maximum Gasteiger partial charge on any atom is 0.160 e. The number of hydrogen-bond acceptors (Lipinski definition) is 3. The van der Waals surface area contributed by atoms with Crippen molar-refractivity contribution in [1.82, 2.24) is 0 Å². The van der Waals surface area contributed by atoms with E-state index < -0.39 is 0 Å². The minimum Gasteiger partial charge on any atom is -0.311 e. The summed E-state index contributed by atoms with van der Waals surface area (Å²) in [7, 11) is 0. The Morgan fingerprint density at radius 1 is 0.447 bits per heavy atom. The van der Waals surface area contributed by atoms with Gasteiger partial charge in [0.05, 0.1) is 4.88 Å². The zero-order valence-corrected chi connectivity index (χ0v) is 21.5. The molecule has 3 heteroatoms. The van der Waals surface area contributed by atoms with Crippen molar-refractivity contribution in [3.05, 3.63) is 150 Å². The molecule has 0 aliphatic rings. The van der Waals surface area contributed by atoms with Crippen molar-refractivity contribution in [2.75, 3.05) is 4.90 Å². The van der Waals surface area contributed by atoms with Gasteiger partial charge in [-0.2, -0.15) is 0 Å². The molecule has 0 bridgehead atoms. The van der Waals surface area contributed by atoms with Crippen LogP contribution in [0.15, 0.2) is 146 Å². The molecule has 2 nitrogen and oxygen atoms in total. The number of rotatable bonds is 7. The third kappa shape index (κ3) is 4.80. The smallest absolute Gasteiger partial charge is 0.160 e. The molecule has 0 aliphatic carbocycles. The second-order valence-electron chi connectivity index (χ2n) is 9.00. The first kappa shape index (κ1) is 23.7. The maximum atomic E-state index is 11.2. The van der Waals surface area contributed by atoms with Crippen LogP contribution in [0, 0.1) is 0 Å². The Kier molecular flexibility index (Phi) is 6.67. The van der Waals surface area contributed by atoms with Gasteiger partial charge in [0.15, 0.2) is 6.29 Å². The van der Waals surface area contributed by atoms with Gasteiger partial charge in [-0.15, -0.1) is 11.3 Å². The van der Waals surface area contributed by atoms with Crippen LogP contribution in [0.1, 0.15) is 9.67 Å². The average molecular weight is 508 g/mol. The highest BCUT2D eigenvalue weighted by Crippen LogP contribution is 2.38. The highest BCUT2D eigenvalue weighted by Gasteiger charge is 2.13. The van der Waals surface area contributed by atoms with E-state index in [9.17, 15) is 4.79 Å². The first-order chi connectivity index (χ1) is 18.8. The molecular weight excluding hydrogens is 482 g/mol. The molecule has 0 saturated heterocycles. The largest absolute Gasteiger partial charge is 0.311 e. The molecule has 1 heterocycles. The molecule has 5 aromatic carbocycles. The van der Waals surface area contributed by atoms with Crippen molar-refractivity contribution in [3.63, 3.8) is 0 Å². The van der Waals surface area contributed by atoms with E-state index in [2.05, 4.69) is 120 Å². The number of para-hydroxylation sites is 2. The van der Waals surface area contributed by atoms with Gasteiger partial charge < -0.3 is 4.90 Å². The number of carbonyl (C=O) groups excluding carboxylic acids is 1. The molecule has 6 aromatic rings. The van der Waals surface area contributed by atoms with Crippen LogP contribution >= 0.6 is 11.3 Å². The highest BCUT2D eigenvalue weighted by molar-refractivity contribution is 7.17. The van der Waals surface area contributed by atoms with E-state index in [4.69, 9.17) is 0 Å². The fraction of sp³-hybridized carbons (Fsp3) is 0. The SMILES string of the molecule is O=Cc1ccc(-c2ccccc2-c2ccc(-c3ccc(N(c4ccccc4)c4ccccc4)cc3)cc2)s1. The van der Waals surface area contributed by atoms with E-state index in [1.165, 1.54) is 22.5 Å². The lowest BCUT2D eigenvalue weighted by molar-refractivity contribution is 0.112. The lowest BCUT2D eigenvalue weighted by Crippen LogP contribution is -2.09. The Bertz CT molecular complexity index is 1610. The van der Waals surface area contributed by atoms with Crippen LogP contribution in [0.2, 0.25) is 0 Å². The van der Waals surface area contributed by atoms with E-state index in [1.54, 1.807) is 0 Å². The Morgan fingerprint density at radius 3 is 1.47 bits per heavy atom. The topological polar surface area (TPSA) is 20.3 Å². The number of nitrogens with zero attached hydrogens (tertiary/aromatic N) is 1. The molecule has 0 amide bonds. The number of anilines is 3. The number of thiophene rings is 1. The summed E-state index contributed by atoms with van der Waals surface area (Å²) in [5, 5.41) is 0. The number of carbonyl (C=O) groups is 1. The molecular formula is C35H25NOS. The summed E-state index contributed by atoms with van der Waals surface area (Å²) in [6, 6.07) is 50.6. The Morgan fingerprint density at radius 2 is 0.921 bits per heavy atom. The minimum absolute atomic E-state index is 0.742. The summed E-state index contributed by atoms with van der Waals surface area (Å²) >= 11 is 1.52. The summed E-state index contributed by atoms with van der Waals surface area (Å²) in [6.07, 6.45) is 0.912. The van der Waals surface area contributed by atoms with Gasteiger partial charge in [0.25, 0.3) is 0 Å². The quantitative estimate of drug-likeness (QED) is 0.200. The lowest BCUT2D eigenvalue weighted by Gasteiger charge is -2.25. The van der Waals surface area contributed by atoms with Gasteiger partial charge in [-0.25, -0.2) is 0 Å². The van der Waals surface area contributed by atoms with E-state index in [1.807, 2.05) is 30.3 Å². The number of hydrogen-bond donors (Lipinski definition) is 0. The highest BCUT2D eigenvalue weighted by atomic mass is 32.1. The number of benzene rings is 5. The van der Waals surface area contributed by atoms with Crippen molar-refractivity contribution >= 4 is 34.7 Å². The summed E-state index contributed by atoms with van der Waals surface area (Å²) in [6.45, 7) is 0. The molecule has 6 rings (SSSR count). The van der Waals surface area contributed by atoms with Gasteiger partial charge in [0, 0.05) is 21.9 Å². The second-order valence-corrected chi connectivity index (χ2v) is 10.1. The summed E-state index contributed by atoms with van der Waals surface area (Å²) in [5.74, 6) is 0. The molecule has 0 aliphatic heterocycles. The van der Waals surface area contributed by atoms with Crippen LogP contribution < -0.4 is 4.90 Å². The third-order valence-electron chi connectivity index (χ3n) is 6.62. The summed E-state index contributed by atoms with van der Waals surface area (Å²) in [4.78, 5) is 15.3. The summed E-state index contributed by atoms with van der Waals surface area (Å²) in [5.41, 5.74) is 9.16. The molecule has 0 N–H and O–H groups in total. The molecule has 0 spiro atoms. The Balaban J connectivity index is 1.30. The normalized spacial score (nSPS) is 10.7. The van der Waals surface area contributed by atoms with Crippen molar-refractivity contribution in [2.45, 2.75) is 0 Å². The second kappa shape index (κ2) is 10.7. The maximum absolute atomic E-state index is 11.2. The van der Waals surface area contributed by atoms with Crippen LogP contribution in [0.3, 0.4) is 0 Å². The molecule has 0 saturated carbocycles. The number of aldehydes is 1. The van der Waals surface area contributed by atoms with Gasteiger partial charge in [-0.3, -0.25) is 4.79 Å². The molecule has 0 atom stereocenters. The lowest BCUT2D eigenvalue weighted by atomic mass is 9.96. The summed E-state index contributed by atoms with van der Waals surface area (Å²) < 4.78 is 0. The van der Waals surface area contributed by atoms with E-state index in [0.717, 1.165) is 49.8 Å². The average Bonchev–Trinajstić information content (AvgIpc) is 3.48. The molecule has 182 valence electrons. The molecule has 1 aromatic heterocycles. The van der Waals surface area contributed by atoms with Gasteiger partial charge in [-0.1, -0.05) is 97.1 Å². The van der Waals surface area contributed by atoms with Crippen LogP contribution in [0.25, 0.3) is 32.7 Å². The molecule has 0 fully saturated rings. The minimum atomic E-state index is 0.742. The monoisotopic (exact) mass is 507 g/mol. The fourth-order valence-electron chi connectivity index (χ4n) is 4.76. The fourth-order valence-corrected chi connectivity index (χ4v) is 5.62. The Hall–Kier alpha value is -4.73. The van der Waals surface area contributed by atoms with E-state index in [-0.39, 0.29) is 0 Å². The van der Waals surface area contributed by atoms with Crippen molar-refractivity contribution < 1.29 is 4.79 Å². The predicted molar refractivity (Wildman–Crippen MR) is 161 cm³/mol. The van der Waals surface area contributed by atoms with Gasteiger partial charge in [0.1, 0.15) is 0 Å². The standard InChI is InChI=1S/C35H25NOS/c37-25-32-23-24-35(38-32)34-14-8-7-13-33(34)28-17-15-26(16-18-28)27-19-21-31(22-20-27)36(29-9-3-1-4-10-29)30-11-5-2-6-12-30/h1-25H. The van der Waals surface area contributed by atoms with Crippen LogP contribution in [0.5, 0.6) is 0 Å². The van der Waals surface area contributed by atoms with Crippen molar-refractivity contribution in [3.8, 4) is 32.7 Å². The van der Waals surface area contributed by atoms with E-state index >= 15 is 0 Å². The van der Waals surface area contributed by atoms with Crippen molar-refractivity contribution in [1.29, 1.82) is 0 Å². The van der Waals surface area contributed by atoms with Gasteiger partial charge in [-0.05, 0) is 76.3 Å². The Labute approximate surface area is 227 Å².